The molecule has 0 aliphatic carbocycles. The maximum atomic E-state index is 11.9. The van der Waals surface area contributed by atoms with Crippen LogP contribution in [0.25, 0.3) is 0 Å². The molecule has 1 aromatic carbocycles. The summed E-state index contributed by atoms with van der Waals surface area (Å²) in [6.07, 6.45) is 2.96. The number of hydrogen-bond acceptors (Lipinski definition) is 7. The van der Waals surface area contributed by atoms with Crippen LogP contribution in [0.15, 0.2) is 34.7 Å². The lowest BCUT2D eigenvalue weighted by Crippen LogP contribution is -2.18. The minimum Gasteiger partial charge on any atom is -0.376 e. The molecule has 2 aromatic rings. The number of aromatic nitrogens is 2. The van der Waals surface area contributed by atoms with E-state index >= 15 is 0 Å². The van der Waals surface area contributed by atoms with Crippen LogP contribution in [0, 0.1) is 0 Å². The molecule has 1 saturated heterocycles. The van der Waals surface area contributed by atoms with Crippen molar-refractivity contribution >= 4 is 39.8 Å². The normalized spacial score (nSPS) is 16.9. The number of thioether (sulfide) groups is 1. The van der Waals surface area contributed by atoms with Gasteiger partial charge in [0.1, 0.15) is 0 Å². The average molecular weight is 364 g/mol. The molecule has 1 unspecified atom stereocenters. The Hall–Kier alpha value is -1.64. The lowest BCUT2D eigenvalue weighted by Gasteiger charge is -2.08. The number of ether oxygens (including phenoxy) is 1. The summed E-state index contributed by atoms with van der Waals surface area (Å²) in [6, 6.07) is 9.47. The highest BCUT2D eigenvalue weighted by molar-refractivity contribution is 8.01. The second-order valence-corrected chi connectivity index (χ2v) is 7.72. The van der Waals surface area contributed by atoms with Crippen LogP contribution in [-0.4, -0.2) is 41.1 Å². The van der Waals surface area contributed by atoms with Gasteiger partial charge < -0.3 is 15.4 Å². The van der Waals surface area contributed by atoms with Crippen LogP contribution in [0.1, 0.15) is 19.3 Å². The number of hydrogen-bond donors (Lipinski definition) is 2. The summed E-state index contributed by atoms with van der Waals surface area (Å²) < 4.78 is 6.44. The molecule has 0 bridgehead atoms. The van der Waals surface area contributed by atoms with Crippen molar-refractivity contribution in [1.29, 1.82) is 0 Å². The Morgan fingerprint density at radius 2 is 2.21 bits per heavy atom. The quantitative estimate of drug-likeness (QED) is 0.700. The van der Waals surface area contributed by atoms with Crippen LogP contribution in [0.4, 0.5) is 10.8 Å². The zero-order valence-electron chi connectivity index (χ0n) is 13.2. The summed E-state index contributed by atoms with van der Waals surface area (Å²) >= 11 is 3.07. The van der Waals surface area contributed by atoms with Crippen molar-refractivity contribution in [1.82, 2.24) is 10.2 Å². The number of benzene rings is 1. The molecule has 0 spiro atoms. The second kappa shape index (κ2) is 9.00. The Balaban J connectivity index is 1.35. The summed E-state index contributed by atoms with van der Waals surface area (Å²) in [5.74, 6) is 0.689. The number of carbonyl (C=O) groups is 1. The number of anilines is 2. The van der Waals surface area contributed by atoms with E-state index in [9.17, 15) is 4.79 Å². The summed E-state index contributed by atoms with van der Waals surface area (Å²) in [6.45, 7) is 1.63. The van der Waals surface area contributed by atoms with Crippen LogP contribution in [-0.2, 0) is 9.53 Å². The van der Waals surface area contributed by atoms with E-state index in [0.29, 0.717) is 12.2 Å². The molecule has 1 aliphatic heterocycles. The standard InChI is InChI=1S/C16H20N4O2S2/c21-14(18-12-5-2-1-3-6-12)8-10-23-16-20-19-15(24-16)17-11-13-7-4-9-22-13/h1-3,5-6,13H,4,7-11H2,(H,17,19)(H,18,21). The Bertz CT molecular complexity index is 645. The fraction of sp³-hybridized carbons (Fsp3) is 0.438. The Morgan fingerprint density at radius 1 is 1.33 bits per heavy atom. The summed E-state index contributed by atoms with van der Waals surface area (Å²) in [4.78, 5) is 11.9. The van der Waals surface area contributed by atoms with Gasteiger partial charge in [0.25, 0.3) is 0 Å². The zero-order chi connectivity index (χ0) is 16.6. The summed E-state index contributed by atoms with van der Waals surface area (Å²) in [7, 11) is 0. The van der Waals surface area contributed by atoms with Gasteiger partial charge in [0.05, 0.1) is 6.10 Å². The number of para-hydroxylation sites is 1. The molecular weight excluding hydrogens is 344 g/mol. The maximum absolute atomic E-state index is 11.9. The summed E-state index contributed by atoms with van der Waals surface area (Å²) in [5.41, 5.74) is 0.823. The topological polar surface area (TPSA) is 76.1 Å². The third kappa shape index (κ3) is 5.47. The maximum Gasteiger partial charge on any atom is 0.225 e. The van der Waals surface area contributed by atoms with Crippen molar-refractivity contribution in [3.8, 4) is 0 Å². The number of amides is 1. The lowest BCUT2D eigenvalue weighted by molar-refractivity contribution is -0.115. The van der Waals surface area contributed by atoms with Gasteiger partial charge in [-0.15, -0.1) is 10.2 Å². The number of nitrogens with one attached hydrogen (secondary N) is 2. The number of carbonyl (C=O) groups excluding carboxylic acids is 1. The van der Waals surface area contributed by atoms with E-state index in [1.54, 1.807) is 11.8 Å². The fourth-order valence-electron chi connectivity index (χ4n) is 2.32. The van der Waals surface area contributed by atoms with Crippen LogP contribution < -0.4 is 10.6 Å². The van der Waals surface area contributed by atoms with Crippen molar-refractivity contribution in [2.45, 2.75) is 29.7 Å². The first-order valence-electron chi connectivity index (χ1n) is 7.96. The average Bonchev–Trinajstić information content (AvgIpc) is 3.25. The monoisotopic (exact) mass is 364 g/mol. The predicted molar refractivity (Wildman–Crippen MR) is 97.8 cm³/mol. The molecule has 128 valence electrons. The molecule has 0 radical (unpaired) electrons. The van der Waals surface area contributed by atoms with Crippen LogP contribution in [0.3, 0.4) is 0 Å². The van der Waals surface area contributed by atoms with E-state index in [4.69, 9.17) is 4.74 Å². The molecule has 1 fully saturated rings. The lowest BCUT2D eigenvalue weighted by atomic mass is 10.2. The first kappa shape index (κ1) is 17.2. The van der Waals surface area contributed by atoms with Crippen molar-refractivity contribution in [3.05, 3.63) is 30.3 Å². The number of nitrogens with zero attached hydrogens (tertiary/aromatic N) is 2. The van der Waals surface area contributed by atoms with Crippen molar-refractivity contribution in [2.75, 3.05) is 29.5 Å². The van der Waals surface area contributed by atoms with Crippen LogP contribution in [0.5, 0.6) is 0 Å². The van der Waals surface area contributed by atoms with E-state index < -0.39 is 0 Å². The third-order valence-corrected chi connectivity index (χ3v) is 5.54. The van der Waals surface area contributed by atoms with E-state index in [-0.39, 0.29) is 12.0 Å². The van der Waals surface area contributed by atoms with Crippen molar-refractivity contribution in [3.63, 3.8) is 0 Å². The Kier molecular flexibility index (Phi) is 6.45. The molecule has 8 heteroatoms. The third-order valence-electron chi connectivity index (χ3n) is 3.52. The molecule has 1 atom stereocenters. The van der Waals surface area contributed by atoms with Gasteiger partial charge >= 0.3 is 0 Å². The first-order chi connectivity index (χ1) is 11.8. The van der Waals surface area contributed by atoms with E-state index in [1.165, 1.54) is 11.3 Å². The van der Waals surface area contributed by atoms with E-state index in [0.717, 1.165) is 41.2 Å². The minimum absolute atomic E-state index is 0.00921. The first-order valence-corrected chi connectivity index (χ1v) is 9.76. The molecule has 3 rings (SSSR count). The van der Waals surface area contributed by atoms with Gasteiger partial charge in [-0.2, -0.15) is 0 Å². The molecule has 24 heavy (non-hydrogen) atoms. The highest BCUT2D eigenvalue weighted by Gasteiger charge is 2.15. The summed E-state index contributed by atoms with van der Waals surface area (Å²) in [5, 5.41) is 15.2. The van der Waals surface area contributed by atoms with Crippen LogP contribution >= 0.6 is 23.1 Å². The molecule has 1 amide bonds. The Morgan fingerprint density at radius 3 is 3.00 bits per heavy atom. The molecule has 1 aromatic heterocycles. The van der Waals surface area contributed by atoms with Gasteiger partial charge in [0.2, 0.25) is 11.0 Å². The molecular formula is C16H20N4O2S2. The van der Waals surface area contributed by atoms with Crippen molar-refractivity contribution < 1.29 is 9.53 Å². The van der Waals surface area contributed by atoms with Crippen LogP contribution in [0.2, 0.25) is 0 Å². The fourth-order valence-corrected chi connectivity index (χ4v) is 4.09. The van der Waals surface area contributed by atoms with Gasteiger partial charge in [-0.25, -0.2) is 0 Å². The molecule has 6 nitrogen and oxygen atoms in total. The molecule has 2 N–H and O–H groups in total. The SMILES string of the molecule is O=C(CCSc1nnc(NCC2CCCO2)s1)Nc1ccccc1. The van der Waals surface area contributed by atoms with Gasteiger partial charge in [0.15, 0.2) is 4.34 Å². The van der Waals surface area contributed by atoms with Gasteiger partial charge in [-0.1, -0.05) is 41.3 Å². The largest absolute Gasteiger partial charge is 0.376 e. The van der Waals surface area contributed by atoms with E-state index in [1.807, 2.05) is 30.3 Å². The molecule has 2 heterocycles. The zero-order valence-corrected chi connectivity index (χ0v) is 14.9. The van der Waals surface area contributed by atoms with Gasteiger partial charge in [0, 0.05) is 31.0 Å². The molecule has 1 aliphatic rings. The predicted octanol–water partition coefficient (Wildman–Crippen LogP) is 3.25. The van der Waals surface area contributed by atoms with Crippen molar-refractivity contribution in [2.24, 2.45) is 0 Å². The highest BCUT2D eigenvalue weighted by atomic mass is 32.2. The Labute approximate surface area is 149 Å². The molecule has 0 saturated carbocycles. The minimum atomic E-state index is 0.00921. The second-order valence-electron chi connectivity index (χ2n) is 5.40. The van der Waals surface area contributed by atoms with Gasteiger partial charge in [-0.3, -0.25) is 4.79 Å². The van der Waals surface area contributed by atoms with Gasteiger partial charge in [-0.05, 0) is 25.0 Å². The van der Waals surface area contributed by atoms with E-state index in [2.05, 4.69) is 20.8 Å². The highest BCUT2D eigenvalue weighted by Crippen LogP contribution is 2.26. The number of rotatable bonds is 8. The smallest absolute Gasteiger partial charge is 0.225 e.